The molecule has 3 saturated heterocycles. The molecule has 1 aromatic rings. The molecule has 310 valence electrons. The van der Waals surface area contributed by atoms with Gasteiger partial charge >= 0.3 is 87.2 Å². The van der Waals surface area contributed by atoms with Crippen molar-refractivity contribution < 1.29 is 146 Å². The molecule has 3 aliphatic heterocycles. The van der Waals surface area contributed by atoms with Crippen LogP contribution in [0.2, 0.25) is 0 Å². The summed E-state index contributed by atoms with van der Waals surface area (Å²) >= 11 is 1.85. The molecular weight excluding hydrogens is 843 g/mol. The fourth-order valence-corrected chi connectivity index (χ4v) is 10.3. The van der Waals surface area contributed by atoms with E-state index in [0.717, 1.165) is 42.4 Å². The number of thioether (sulfide) groups is 1. The van der Waals surface area contributed by atoms with E-state index < -0.39 is 54.2 Å². The number of carbonyl (C=O) groups excluding carboxylic acids is 3. The monoisotopic (exact) mass is 885 g/mol. The van der Waals surface area contributed by atoms with E-state index >= 15 is 0 Å². The molecule has 8 atom stereocenters. The second kappa shape index (κ2) is 27.1. The van der Waals surface area contributed by atoms with Crippen molar-refractivity contribution in [3.05, 3.63) is 28.3 Å². The number of rotatable bonds is 22. The number of phosphoric ester groups is 1. The van der Waals surface area contributed by atoms with E-state index in [9.17, 15) is 57.6 Å². The maximum absolute atomic E-state index is 12.5. The topological polar surface area (TPSA) is 361 Å². The summed E-state index contributed by atoms with van der Waals surface area (Å²) in [5.74, 6) is 0.520. The standard InChI is InChI=1S/C28H46N7O16P3S.4Li/c29-26-17(14-35(28(40)34-26)24-13-19(36)20(49-24)15-48-53(44,45)51-54(46,47)50-52(41,42)43)7-6-12-31-22(37)9-2-1-5-11-30-23(38)10-4-3-8-21-25-18(16-55-21)32-27(39)33-25;;;;/h6-7,14,18-21,24-25,36H,1-5,8-13,15-16H2,(H,30,38)(H,31,37)(H,44,45)(H,46,47)(H2,29,34,40)(H2,32,33,39)(H2,41,42,43);;;;/q;4*+1/p-4/b7-6+;;;;/t18-,19-,20+,21-,24+,25-;;;;/m0..../s1. The molecule has 59 heavy (non-hydrogen) atoms. The van der Waals surface area contributed by atoms with Crippen LogP contribution >= 0.6 is 35.2 Å². The van der Waals surface area contributed by atoms with Crippen LogP contribution in [-0.2, 0) is 41.2 Å². The van der Waals surface area contributed by atoms with Crippen LogP contribution in [0.15, 0.2) is 17.1 Å². The number of carbonyl (C=O) groups is 3. The molecule has 4 amide bonds. The van der Waals surface area contributed by atoms with E-state index in [1.165, 1.54) is 12.3 Å². The third-order valence-electron chi connectivity index (χ3n) is 8.52. The third-order valence-corrected chi connectivity index (χ3v) is 13.7. The zero-order chi connectivity index (χ0) is 40.4. The van der Waals surface area contributed by atoms with Gasteiger partial charge in [0.05, 0.1) is 32.6 Å². The largest absolute Gasteiger partial charge is 1.00 e. The first-order valence-electron chi connectivity index (χ1n) is 17.1. The number of amides is 4. The summed E-state index contributed by atoms with van der Waals surface area (Å²) in [5, 5.41) is 22.2. The maximum atomic E-state index is 12.5. The van der Waals surface area contributed by atoms with Gasteiger partial charge in [0.1, 0.15) is 18.1 Å². The number of fused-ring (bicyclic) bond motifs is 1. The van der Waals surface area contributed by atoms with Gasteiger partial charge in [0.2, 0.25) is 11.8 Å². The van der Waals surface area contributed by atoms with Gasteiger partial charge in [0.15, 0.2) is 0 Å². The number of nitrogens with two attached hydrogens (primary N) is 1. The predicted octanol–water partition coefficient (Wildman–Crippen LogP) is -14.2. The Hall–Kier alpha value is -0.300. The molecule has 0 aliphatic carbocycles. The Morgan fingerprint density at radius 1 is 0.983 bits per heavy atom. The van der Waals surface area contributed by atoms with Crippen LogP contribution in [0, 0.1) is 0 Å². The molecule has 0 bridgehead atoms. The van der Waals surface area contributed by atoms with E-state index in [1.54, 1.807) is 6.08 Å². The van der Waals surface area contributed by atoms with Gasteiger partial charge in [0.25, 0.3) is 15.6 Å². The van der Waals surface area contributed by atoms with Gasteiger partial charge in [-0.05, 0) is 25.7 Å². The number of nitrogens with one attached hydrogen (secondary N) is 4. The molecular formula is C28H42Li4N7O16P3S. The van der Waals surface area contributed by atoms with Gasteiger partial charge in [-0.3, -0.25) is 27.6 Å². The second-order valence-corrected chi connectivity index (χ2v) is 18.3. The van der Waals surface area contributed by atoms with Gasteiger partial charge in [-0.15, -0.1) is 0 Å². The Labute approximate surface area is 392 Å². The summed E-state index contributed by atoms with van der Waals surface area (Å²) in [6, 6.07) is 0.239. The number of nitrogens with zero attached hydrogens (tertiary/aromatic N) is 2. The normalized spacial score (nSPS) is 24.1. The summed E-state index contributed by atoms with van der Waals surface area (Å²) in [7, 11) is -18.2. The predicted molar refractivity (Wildman–Crippen MR) is 186 cm³/mol. The van der Waals surface area contributed by atoms with Crippen LogP contribution in [0.3, 0.4) is 0 Å². The maximum Gasteiger partial charge on any atom is 1.00 e. The zero-order valence-electron chi connectivity index (χ0n) is 33.2. The third kappa shape index (κ3) is 20.4. The molecule has 2 unspecified atom stereocenters. The molecule has 31 heteroatoms. The minimum atomic E-state index is -6.18. The number of urea groups is 1. The average Bonchev–Trinajstić information content (AvgIpc) is 3.74. The number of aromatic nitrogens is 2. The average molecular weight is 885 g/mol. The van der Waals surface area contributed by atoms with Crippen molar-refractivity contribution in [3.8, 4) is 0 Å². The summed E-state index contributed by atoms with van der Waals surface area (Å²) < 4.78 is 50.9. The minimum absolute atomic E-state index is 0. The van der Waals surface area contributed by atoms with Crippen molar-refractivity contribution in [1.29, 1.82) is 0 Å². The number of ether oxygens (including phenoxy) is 1. The number of hydrogen-bond acceptors (Lipinski definition) is 19. The molecule has 23 nitrogen and oxygen atoms in total. The van der Waals surface area contributed by atoms with Crippen LogP contribution in [0.1, 0.15) is 69.6 Å². The second-order valence-electron chi connectivity index (χ2n) is 12.7. The SMILES string of the molecule is Nc1nc(=O)n([C@H]2C[C@H](O)[C@@H](COP(=O)([O-])OP(=O)([O-])OP(=O)([O-])[O-])O2)cc1/C=C/CNC(=O)CCCCCNC(=O)CCCC[C@@H]1SC[C@@H]2NC(=O)N[C@@H]21.[Li+].[Li+].[Li+].[Li+]. The molecule has 7 N–H and O–H groups in total. The number of aliphatic hydroxyl groups excluding tert-OH is 1. The van der Waals surface area contributed by atoms with Crippen molar-refractivity contribution in [2.24, 2.45) is 0 Å². The molecule has 4 rings (SSSR count). The Morgan fingerprint density at radius 2 is 1.64 bits per heavy atom. The van der Waals surface area contributed by atoms with E-state index in [4.69, 9.17) is 10.5 Å². The van der Waals surface area contributed by atoms with Crippen LogP contribution in [0.4, 0.5) is 10.6 Å². The van der Waals surface area contributed by atoms with Crippen molar-refractivity contribution in [1.82, 2.24) is 30.8 Å². The molecule has 3 aliphatic rings. The molecule has 0 radical (unpaired) electrons. The Balaban J connectivity index is 0.00000841. The summed E-state index contributed by atoms with van der Waals surface area (Å²) in [5.41, 5.74) is 5.20. The fourth-order valence-electron chi connectivity index (χ4n) is 5.94. The molecule has 3 fully saturated rings. The van der Waals surface area contributed by atoms with Gasteiger partial charge in [-0.2, -0.15) is 16.7 Å². The minimum Gasteiger partial charge on any atom is -0.790 e. The first-order valence-corrected chi connectivity index (χ1v) is 22.6. The fraction of sp³-hybridized carbons (Fsp3) is 0.679. The van der Waals surface area contributed by atoms with Crippen molar-refractivity contribution in [2.45, 2.75) is 93.6 Å². The molecule has 0 saturated carbocycles. The Kier molecular flexibility index (Phi) is 27.0. The van der Waals surface area contributed by atoms with Gasteiger partial charge in [-0.25, -0.2) is 13.9 Å². The van der Waals surface area contributed by atoms with E-state index in [-0.39, 0.29) is 136 Å². The van der Waals surface area contributed by atoms with Crippen LogP contribution in [0.5, 0.6) is 0 Å². The Bertz CT molecular complexity index is 1790. The molecule has 1 aromatic heterocycles. The van der Waals surface area contributed by atoms with Crippen molar-refractivity contribution >= 4 is 65.0 Å². The first-order chi connectivity index (χ1) is 25.8. The van der Waals surface area contributed by atoms with Gasteiger partial charge in [-0.1, -0.05) is 25.0 Å². The van der Waals surface area contributed by atoms with Gasteiger partial charge < -0.3 is 65.5 Å². The van der Waals surface area contributed by atoms with Crippen molar-refractivity contribution in [2.75, 3.05) is 31.2 Å². The van der Waals surface area contributed by atoms with E-state index in [1.807, 2.05) is 11.8 Å². The number of phosphoric acid groups is 3. The summed E-state index contributed by atoms with van der Waals surface area (Å²) in [6.07, 6.45) is 5.25. The smallest absolute Gasteiger partial charge is 0.790 e. The quantitative estimate of drug-likeness (QED) is 0.0272. The number of unbranched alkanes of at least 4 members (excludes halogenated alkanes) is 3. The zero-order valence-corrected chi connectivity index (χ0v) is 36.7. The molecule has 0 spiro atoms. The summed E-state index contributed by atoms with van der Waals surface area (Å²) in [4.78, 5) is 96.2. The first kappa shape index (κ1) is 58.7. The molecule has 0 aromatic carbocycles. The van der Waals surface area contributed by atoms with Crippen LogP contribution in [-0.4, -0.2) is 87.5 Å². The van der Waals surface area contributed by atoms with Crippen LogP contribution < -0.4 is 128 Å². The number of hydrogen-bond donors (Lipinski definition) is 6. The number of anilines is 1. The number of nitrogen functional groups attached to an aromatic ring is 1. The van der Waals surface area contributed by atoms with Crippen LogP contribution in [0.25, 0.3) is 6.08 Å². The molecule has 4 heterocycles. The number of aliphatic hydroxyl groups is 1. The summed E-state index contributed by atoms with van der Waals surface area (Å²) in [6.45, 7) is -0.424. The van der Waals surface area contributed by atoms with Crippen molar-refractivity contribution in [3.63, 3.8) is 0 Å². The van der Waals surface area contributed by atoms with E-state index in [2.05, 4.69) is 39.4 Å². The van der Waals surface area contributed by atoms with Gasteiger partial charge in [0, 0.05) is 55.1 Å². The Morgan fingerprint density at radius 3 is 2.32 bits per heavy atom. The van der Waals surface area contributed by atoms with E-state index in [0.29, 0.717) is 24.6 Å².